The fourth-order valence-corrected chi connectivity index (χ4v) is 3.78. The summed E-state index contributed by atoms with van der Waals surface area (Å²) in [6, 6.07) is 5.65. The van der Waals surface area contributed by atoms with Crippen LogP contribution in [0, 0.1) is 0 Å². The number of aromatic hydroxyl groups is 1. The van der Waals surface area contributed by atoms with E-state index >= 15 is 0 Å². The van der Waals surface area contributed by atoms with E-state index in [4.69, 9.17) is 0 Å². The van der Waals surface area contributed by atoms with Gasteiger partial charge in [0.05, 0.1) is 11.3 Å². The largest absolute Gasteiger partial charge is 0.508 e. The van der Waals surface area contributed by atoms with E-state index in [1.54, 1.807) is 17.8 Å². The van der Waals surface area contributed by atoms with Crippen molar-refractivity contribution in [3.63, 3.8) is 0 Å². The van der Waals surface area contributed by atoms with Crippen molar-refractivity contribution in [3.05, 3.63) is 29.3 Å². The number of carbonyl (C=O) groups is 1. The maximum absolute atomic E-state index is 12.3. The third-order valence-corrected chi connectivity index (χ3v) is 5.27. The lowest BCUT2D eigenvalue weighted by Crippen LogP contribution is -2.36. The van der Waals surface area contributed by atoms with Crippen molar-refractivity contribution in [1.82, 2.24) is 5.32 Å². The van der Waals surface area contributed by atoms with Gasteiger partial charge in [-0.1, -0.05) is 25.5 Å². The molecule has 0 saturated heterocycles. The molecule has 0 saturated carbocycles. The molecule has 2 rings (SSSR count). The van der Waals surface area contributed by atoms with Crippen LogP contribution in [0.4, 0.5) is 0 Å². The first-order valence-electron chi connectivity index (χ1n) is 7.86. The quantitative estimate of drug-likeness (QED) is 0.786. The number of unbranched alkanes of at least 4 members (excludes halogenated alkanes) is 1. The summed E-state index contributed by atoms with van der Waals surface area (Å²) in [5.74, 6) is 1.50. The standard InChI is InChI=1S/C17H25NO2S/c1-3-4-11-21-12(2)17(20)18-15-9-5-8-14-13(15)7-6-10-16(14)19/h6-7,10,12,15,19H,3-5,8-9,11H2,1-2H3,(H,18,20)/t12-,15-/m1/s1. The lowest BCUT2D eigenvalue weighted by Gasteiger charge is -2.28. The topological polar surface area (TPSA) is 49.3 Å². The van der Waals surface area contributed by atoms with Crippen molar-refractivity contribution in [2.24, 2.45) is 0 Å². The number of amides is 1. The lowest BCUT2D eigenvalue weighted by atomic mass is 9.87. The molecule has 1 aliphatic rings. The SMILES string of the molecule is CCCCS[C@H](C)C(=O)N[C@@H]1CCCc2c(O)cccc21. The van der Waals surface area contributed by atoms with Crippen LogP contribution in [-0.4, -0.2) is 22.0 Å². The molecule has 0 heterocycles. The van der Waals surface area contributed by atoms with E-state index in [-0.39, 0.29) is 17.2 Å². The normalized spacial score (nSPS) is 18.9. The number of carbonyl (C=O) groups excluding carboxylic acids is 1. The Morgan fingerprint density at radius 2 is 2.33 bits per heavy atom. The van der Waals surface area contributed by atoms with E-state index in [1.165, 1.54) is 0 Å². The number of phenols is 1. The van der Waals surface area contributed by atoms with Crippen molar-refractivity contribution >= 4 is 17.7 Å². The van der Waals surface area contributed by atoms with Crippen molar-refractivity contribution in [3.8, 4) is 5.75 Å². The van der Waals surface area contributed by atoms with Crippen LogP contribution < -0.4 is 5.32 Å². The van der Waals surface area contributed by atoms with E-state index < -0.39 is 0 Å². The van der Waals surface area contributed by atoms with Gasteiger partial charge in [-0.05, 0) is 55.6 Å². The zero-order valence-electron chi connectivity index (χ0n) is 12.9. The Bertz CT molecular complexity index is 490. The third kappa shape index (κ3) is 4.16. The van der Waals surface area contributed by atoms with Crippen LogP contribution in [0.15, 0.2) is 18.2 Å². The summed E-state index contributed by atoms with van der Waals surface area (Å²) in [5.41, 5.74) is 2.08. The zero-order valence-corrected chi connectivity index (χ0v) is 13.7. The summed E-state index contributed by atoms with van der Waals surface area (Å²) in [7, 11) is 0. The molecule has 116 valence electrons. The van der Waals surface area contributed by atoms with Crippen LogP contribution in [0.3, 0.4) is 0 Å². The highest BCUT2D eigenvalue weighted by molar-refractivity contribution is 8.00. The van der Waals surface area contributed by atoms with Gasteiger partial charge in [0.1, 0.15) is 5.75 Å². The Balaban J connectivity index is 1.98. The Morgan fingerprint density at radius 1 is 1.52 bits per heavy atom. The van der Waals surface area contributed by atoms with Crippen LogP contribution in [0.5, 0.6) is 5.75 Å². The fourth-order valence-electron chi connectivity index (χ4n) is 2.75. The van der Waals surface area contributed by atoms with Gasteiger partial charge in [0.25, 0.3) is 0 Å². The minimum Gasteiger partial charge on any atom is -0.508 e. The van der Waals surface area contributed by atoms with Crippen LogP contribution >= 0.6 is 11.8 Å². The molecule has 4 heteroatoms. The number of benzene rings is 1. The van der Waals surface area contributed by atoms with Gasteiger partial charge in [-0.15, -0.1) is 11.8 Å². The molecular formula is C17H25NO2S. The number of nitrogens with one attached hydrogen (secondary N) is 1. The lowest BCUT2D eigenvalue weighted by molar-refractivity contribution is -0.121. The molecule has 0 unspecified atom stereocenters. The first-order valence-corrected chi connectivity index (χ1v) is 8.91. The number of thioether (sulfide) groups is 1. The summed E-state index contributed by atoms with van der Waals surface area (Å²) in [6.07, 6.45) is 5.18. The number of phenolic OH excluding ortho intramolecular Hbond substituents is 1. The second-order valence-electron chi connectivity index (χ2n) is 5.66. The van der Waals surface area contributed by atoms with E-state index in [0.717, 1.165) is 49.0 Å². The summed E-state index contributed by atoms with van der Waals surface area (Å²) in [6.45, 7) is 4.14. The molecule has 0 bridgehead atoms. The molecule has 2 atom stereocenters. The molecule has 3 nitrogen and oxygen atoms in total. The van der Waals surface area contributed by atoms with E-state index in [1.807, 2.05) is 19.1 Å². The van der Waals surface area contributed by atoms with E-state index in [9.17, 15) is 9.90 Å². The van der Waals surface area contributed by atoms with Gasteiger partial charge < -0.3 is 10.4 Å². The second kappa shape index (κ2) is 7.74. The molecular weight excluding hydrogens is 282 g/mol. The van der Waals surface area contributed by atoms with Gasteiger partial charge in [0, 0.05) is 0 Å². The average Bonchev–Trinajstić information content (AvgIpc) is 2.48. The number of hydrogen-bond donors (Lipinski definition) is 2. The highest BCUT2D eigenvalue weighted by atomic mass is 32.2. The van der Waals surface area contributed by atoms with E-state index in [0.29, 0.717) is 5.75 Å². The van der Waals surface area contributed by atoms with Crippen LogP contribution in [0.1, 0.15) is 56.7 Å². The van der Waals surface area contributed by atoms with E-state index in [2.05, 4.69) is 12.2 Å². The smallest absolute Gasteiger partial charge is 0.233 e. The molecule has 1 aromatic carbocycles. The minimum atomic E-state index is -0.0146. The molecule has 1 aromatic rings. The second-order valence-corrected chi connectivity index (χ2v) is 7.11. The molecule has 21 heavy (non-hydrogen) atoms. The Kier molecular flexibility index (Phi) is 5.97. The van der Waals surface area contributed by atoms with Crippen LogP contribution in [0.2, 0.25) is 0 Å². The predicted molar refractivity (Wildman–Crippen MR) is 88.8 cm³/mol. The molecule has 1 aliphatic carbocycles. The first-order chi connectivity index (χ1) is 10.1. The third-order valence-electron chi connectivity index (χ3n) is 4.03. The first kappa shape index (κ1) is 16.2. The van der Waals surface area contributed by atoms with Gasteiger partial charge in [0.15, 0.2) is 0 Å². The molecule has 2 N–H and O–H groups in total. The van der Waals surface area contributed by atoms with Crippen molar-refractivity contribution in [2.75, 3.05) is 5.75 Å². The Labute approximate surface area is 131 Å². The molecule has 0 radical (unpaired) electrons. The Morgan fingerprint density at radius 3 is 3.10 bits per heavy atom. The van der Waals surface area contributed by atoms with Gasteiger partial charge in [0.2, 0.25) is 5.91 Å². The number of fused-ring (bicyclic) bond motifs is 1. The van der Waals surface area contributed by atoms with Crippen LogP contribution in [-0.2, 0) is 11.2 Å². The Hall–Kier alpha value is -1.16. The highest BCUT2D eigenvalue weighted by Gasteiger charge is 2.25. The minimum absolute atomic E-state index is 0.0146. The molecule has 0 spiro atoms. The summed E-state index contributed by atoms with van der Waals surface area (Å²) in [4.78, 5) is 12.3. The van der Waals surface area contributed by atoms with Crippen molar-refractivity contribution in [1.29, 1.82) is 0 Å². The van der Waals surface area contributed by atoms with Gasteiger partial charge in [-0.2, -0.15) is 0 Å². The zero-order chi connectivity index (χ0) is 15.2. The monoisotopic (exact) mass is 307 g/mol. The van der Waals surface area contributed by atoms with Gasteiger partial charge in [-0.25, -0.2) is 0 Å². The summed E-state index contributed by atoms with van der Waals surface area (Å²) >= 11 is 1.72. The molecule has 0 aliphatic heterocycles. The van der Waals surface area contributed by atoms with Gasteiger partial charge >= 0.3 is 0 Å². The molecule has 0 fully saturated rings. The van der Waals surface area contributed by atoms with Crippen molar-refractivity contribution in [2.45, 2.75) is 57.2 Å². The fraction of sp³-hybridized carbons (Fsp3) is 0.588. The highest BCUT2D eigenvalue weighted by Crippen LogP contribution is 2.34. The number of rotatable bonds is 6. The van der Waals surface area contributed by atoms with Gasteiger partial charge in [-0.3, -0.25) is 4.79 Å². The molecule has 0 aromatic heterocycles. The maximum Gasteiger partial charge on any atom is 0.233 e. The average molecular weight is 307 g/mol. The summed E-state index contributed by atoms with van der Waals surface area (Å²) in [5, 5.41) is 13.1. The van der Waals surface area contributed by atoms with Crippen LogP contribution in [0.25, 0.3) is 0 Å². The predicted octanol–water partition coefficient (Wildman–Crippen LogP) is 3.81. The number of hydrogen-bond acceptors (Lipinski definition) is 3. The van der Waals surface area contributed by atoms with Crippen molar-refractivity contribution < 1.29 is 9.90 Å². The summed E-state index contributed by atoms with van der Waals surface area (Å²) < 4.78 is 0. The maximum atomic E-state index is 12.3. The molecule has 1 amide bonds.